The minimum atomic E-state index is -1.99. The van der Waals surface area contributed by atoms with Crippen molar-refractivity contribution in [1.82, 2.24) is 4.98 Å². The van der Waals surface area contributed by atoms with Crippen LogP contribution in [-0.4, -0.2) is 19.1 Å². The van der Waals surface area contributed by atoms with E-state index in [-0.39, 0.29) is 10.8 Å². The Balaban J connectivity index is 1.79. The average Bonchev–Trinajstić information content (AvgIpc) is 2.82. The second-order valence-corrected chi connectivity index (χ2v) is 16.6. The summed E-state index contributed by atoms with van der Waals surface area (Å²) in [6.07, 6.45) is 0.847. The third-order valence-corrected chi connectivity index (χ3v) is 12.4. The van der Waals surface area contributed by atoms with Crippen molar-refractivity contribution < 1.29 is 9.22 Å². The molecule has 36 heavy (non-hydrogen) atoms. The zero-order valence-corrected chi connectivity index (χ0v) is 24.9. The molecule has 0 aliphatic carbocycles. The maximum atomic E-state index is 13.4. The van der Waals surface area contributed by atoms with Gasteiger partial charge in [-0.25, -0.2) is 4.98 Å². The minimum Gasteiger partial charge on any atom is -0.543 e. The zero-order valence-electron chi connectivity index (χ0n) is 21.6. The minimum absolute atomic E-state index is 0.0185. The monoisotopic (exact) mass is 579 g/mol. The number of pyridine rings is 1. The van der Waals surface area contributed by atoms with Gasteiger partial charge in [0.15, 0.2) is 5.78 Å². The number of carbonyl (C=O) groups is 1. The maximum absolute atomic E-state index is 13.4. The average molecular weight is 581 g/mol. The van der Waals surface area contributed by atoms with E-state index in [0.717, 1.165) is 44.2 Å². The third kappa shape index (κ3) is 5.43. The van der Waals surface area contributed by atoms with Crippen LogP contribution in [0.4, 0.5) is 0 Å². The molecule has 1 aromatic heterocycles. The van der Waals surface area contributed by atoms with Gasteiger partial charge in [-0.1, -0.05) is 67.4 Å². The van der Waals surface area contributed by atoms with Gasteiger partial charge in [0.2, 0.25) is 8.32 Å². The van der Waals surface area contributed by atoms with Crippen molar-refractivity contribution in [3.8, 4) is 16.9 Å². The smallest absolute Gasteiger partial charge is 0.250 e. The Morgan fingerprint density at radius 3 is 2.39 bits per heavy atom. The maximum Gasteiger partial charge on any atom is 0.250 e. The summed E-state index contributed by atoms with van der Waals surface area (Å²) in [6, 6.07) is 21.3. The Hall–Kier alpha value is -2.47. The number of halogens is 2. The highest BCUT2D eigenvalue weighted by molar-refractivity contribution is 9.10. The highest BCUT2D eigenvalue weighted by Crippen LogP contribution is 2.39. The van der Waals surface area contributed by atoms with Crippen LogP contribution in [0.5, 0.6) is 5.75 Å². The fourth-order valence-corrected chi connectivity index (χ4v) is 5.65. The number of fused-ring (bicyclic) bond motifs is 1. The number of benzene rings is 3. The highest BCUT2D eigenvalue weighted by atomic mass is 79.9. The molecule has 0 aliphatic rings. The Morgan fingerprint density at radius 1 is 1.00 bits per heavy atom. The van der Waals surface area contributed by atoms with Gasteiger partial charge in [0, 0.05) is 21.0 Å². The summed E-state index contributed by atoms with van der Waals surface area (Å²) >= 11 is 9.98. The molecule has 1 heterocycles. The van der Waals surface area contributed by atoms with Gasteiger partial charge >= 0.3 is 0 Å². The summed E-state index contributed by atoms with van der Waals surface area (Å²) in [5.74, 6) is 0.823. The molecule has 0 spiro atoms. The van der Waals surface area contributed by atoms with Gasteiger partial charge in [-0.15, -0.1) is 0 Å². The number of hydrogen-bond acceptors (Lipinski definition) is 3. The van der Waals surface area contributed by atoms with Gasteiger partial charge in [-0.3, -0.25) is 4.79 Å². The molecule has 0 saturated heterocycles. The van der Waals surface area contributed by atoms with Crippen molar-refractivity contribution in [2.45, 2.75) is 52.2 Å². The van der Waals surface area contributed by atoms with E-state index < -0.39 is 8.32 Å². The molecule has 0 bridgehead atoms. The molecule has 0 saturated carbocycles. The van der Waals surface area contributed by atoms with Crippen molar-refractivity contribution in [2.75, 3.05) is 0 Å². The van der Waals surface area contributed by atoms with Crippen molar-refractivity contribution in [2.24, 2.45) is 0 Å². The van der Waals surface area contributed by atoms with Crippen LogP contribution in [0.3, 0.4) is 0 Å². The standard InChI is InChI=1S/C30H31BrClNO2Si/c1-7-19-15-21(11-13-26(19)31)29(34)22-12-14-27-25(17-22)24(18-28(32)33-27)20-9-8-10-23(16-20)35-36(5,6)30(2,3)4/h8-18H,7H2,1-6H3. The van der Waals surface area contributed by atoms with Gasteiger partial charge < -0.3 is 4.43 Å². The molecule has 4 rings (SSSR count). The van der Waals surface area contributed by atoms with Crippen LogP contribution in [0.1, 0.15) is 49.2 Å². The highest BCUT2D eigenvalue weighted by Gasteiger charge is 2.39. The van der Waals surface area contributed by atoms with Gasteiger partial charge in [0.25, 0.3) is 0 Å². The van der Waals surface area contributed by atoms with Crippen LogP contribution in [-0.2, 0) is 6.42 Å². The van der Waals surface area contributed by atoms with E-state index >= 15 is 0 Å². The molecule has 4 aromatic rings. The molecule has 0 unspecified atom stereocenters. The van der Waals surface area contributed by atoms with Crippen LogP contribution in [0, 0.1) is 0 Å². The number of hydrogen-bond donors (Lipinski definition) is 0. The van der Waals surface area contributed by atoms with Crippen molar-refractivity contribution in [3.05, 3.63) is 93.0 Å². The number of aryl methyl sites for hydroxylation is 1. The summed E-state index contributed by atoms with van der Waals surface area (Å²) in [6.45, 7) is 13.2. The Bertz CT molecular complexity index is 1460. The predicted molar refractivity (Wildman–Crippen MR) is 157 cm³/mol. The first-order valence-corrected chi connectivity index (χ1v) is 16.2. The fourth-order valence-electron chi connectivity index (χ4n) is 3.90. The van der Waals surface area contributed by atoms with Crippen molar-refractivity contribution >= 4 is 52.5 Å². The lowest BCUT2D eigenvalue weighted by Gasteiger charge is -2.36. The molecular formula is C30H31BrClNO2Si. The second-order valence-electron chi connectivity index (χ2n) is 10.6. The molecule has 6 heteroatoms. The van der Waals surface area contributed by atoms with Crippen molar-refractivity contribution in [3.63, 3.8) is 0 Å². The zero-order chi connectivity index (χ0) is 26.3. The first-order valence-electron chi connectivity index (χ1n) is 12.1. The van der Waals surface area contributed by atoms with Crippen LogP contribution < -0.4 is 4.43 Å². The van der Waals surface area contributed by atoms with E-state index in [2.05, 4.69) is 67.8 Å². The van der Waals surface area contributed by atoms with E-state index in [4.69, 9.17) is 16.0 Å². The topological polar surface area (TPSA) is 39.2 Å². The van der Waals surface area contributed by atoms with Crippen LogP contribution in [0.2, 0.25) is 23.3 Å². The Kier molecular flexibility index (Phi) is 7.47. The van der Waals surface area contributed by atoms with Gasteiger partial charge in [0.1, 0.15) is 10.9 Å². The first kappa shape index (κ1) is 26.6. The van der Waals surface area contributed by atoms with Crippen molar-refractivity contribution in [1.29, 1.82) is 0 Å². The number of nitrogens with zero attached hydrogens (tertiary/aromatic N) is 1. The summed E-state index contributed by atoms with van der Waals surface area (Å²) < 4.78 is 7.57. The molecule has 0 aliphatic heterocycles. The molecule has 3 aromatic carbocycles. The Morgan fingerprint density at radius 2 is 1.69 bits per heavy atom. The molecule has 3 nitrogen and oxygen atoms in total. The van der Waals surface area contributed by atoms with Crippen LogP contribution >= 0.6 is 27.5 Å². The van der Waals surface area contributed by atoms with E-state index in [1.54, 1.807) is 0 Å². The lowest BCUT2D eigenvalue weighted by atomic mass is 9.96. The molecule has 0 amide bonds. The lowest BCUT2D eigenvalue weighted by Crippen LogP contribution is -2.43. The summed E-state index contributed by atoms with van der Waals surface area (Å²) in [4.78, 5) is 17.9. The number of ketones is 1. The SMILES string of the molecule is CCc1cc(C(=O)c2ccc3nc(Cl)cc(-c4cccc(O[Si](C)(C)C(C)(C)C)c4)c3c2)ccc1Br. The molecular weight excluding hydrogens is 550 g/mol. The first-order chi connectivity index (χ1) is 16.9. The number of rotatable bonds is 6. The molecule has 0 N–H and O–H groups in total. The third-order valence-electron chi connectivity index (χ3n) is 7.05. The largest absolute Gasteiger partial charge is 0.543 e. The summed E-state index contributed by atoms with van der Waals surface area (Å²) in [7, 11) is -1.99. The lowest BCUT2D eigenvalue weighted by molar-refractivity contribution is 0.103. The number of carbonyl (C=O) groups excluding carboxylic acids is 1. The van der Waals surface area contributed by atoms with E-state index in [9.17, 15) is 4.79 Å². The number of aromatic nitrogens is 1. The van der Waals surface area contributed by atoms with Crippen LogP contribution in [0.25, 0.3) is 22.0 Å². The quantitative estimate of drug-likeness (QED) is 0.129. The van der Waals surface area contributed by atoms with Gasteiger partial charge in [-0.2, -0.15) is 0 Å². The van der Waals surface area contributed by atoms with E-state index in [1.807, 2.05) is 60.7 Å². The fraction of sp³-hybridized carbons (Fsp3) is 0.267. The van der Waals surface area contributed by atoms with Gasteiger partial charge in [-0.05, 0) is 95.8 Å². The normalized spacial score (nSPS) is 12.1. The molecule has 0 atom stereocenters. The molecule has 186 valence electrons. The summed E-state index contributed by atoms with van der Waals surface area (Å²) in [5.41, 5.74) is 5.03. The van der Waals surface area contributed by atoms with E-state index in [1.165, 1.54) is 0 Å². The Labute approximate surface area is 228 Å². The predicted octanol–water partition coefficient (Wildman–Crippen LogP) is 9.50. The summed E-state index contributed by atoms with van der Waals surface area (Å²) in [5, 5.41) is 1.38. The molecule has 0 fully saturated rings. The van der Waals surface area contributed by atoms with E-state index in [0.29, 0.717) is 16.3 Å². The molecule has 0 radical (unpaired) electrons. The second kappa shape index (κ2) is 10.1. The van der Waals surface area contributed by atoms with Crippen LogP contribution in [0.15, 0.2) is 71.2 Å². The van der Waals surface area contributed by atoms with Gasteiger partial charge in [0.05, 0.1) is 5.52 Å².